The van der Waals surface area contributed by atoms with Crippen LogP contribution in [0.2, 0.25) is 0 Å². The van der Waals surface area contributed by atoms with Gasteiger partial charge in [0.2, 0.25) is 5.72 Å². The summed E-state index contributed by atoms with van der Waals surface area (Å²) in [7, 11) is 0. The Kier molecular flexibility index (Phi) is 3.18. The standard InChI is InChI=1S/C10H11NO4/c11-10(15,9(13)14)6-8(12)7-4-2-1-3-5-7/h1-5,15H,6,11H2,(H,13,14). The quantitative estimate of drug-likeness (QED) is 0.478. The number of carbonyl (C=O) groups excluding carboxylic acids is 1. The molecule has 0 aliphatic heterocycles. The van der Waals surface area contributed by atoms with Gasteiger partial charge < -0.3 is 10.2 Å². The van der Waals surface area contributed by atoms with Crippen LogP contribution in [-0.4, -0.2) is 27.7 Å². The van der Waals surface area contributed by atoms with E-state index in [-0.39, 0.29) is 0 Å². The van der Waals surface area contributed by atoms with Gasteiger partial charge in [-0.25, -0.2) is 4.79 Å². The number of benzene rings is 1. The van der Waals surface area contributed by atoms with Gasteiger partial charge in [-0.1, -0.05) is 30.3 Å². The van der Waals surface area contributed by atoms with E-state index in [1.807, 2.05) is 0 Å². The first-order chi connectivity index (χ1) is 6.93. The van der Waals surface area contributed by atoms with Crippen molar-refractivity contribution in [1.29, 1.82) is 0 Å². The van der Waals surface area contributed by atoms with E-state index in [2.05, 4.69) is 0 Å². The Hall–Kier alpha value is -1.72. The largest absolute Gasteiger partial charge is 0.478 e. The summed E-state index contributed by atoms with van der Waals surface area (Å²) in [5.41, 5.74) is 2.85. The van der Waals surface area contributed by atoms with Crippen LogP contribution in [0.3, 0.4) is 0 Å². The second-order valence-corrected chi connectivity index (χ2v) is 3.20. The maximum absolute atomic E-state index is 11.5. The molecule has 80 valence electrons. The van der Waals surface area contributed by atoms with E-state index >= 15 is 0 Å². The summed E-state index contributed by atoms with van der Waals surface area (Å²) in [6.07, 6.45) is -0.646. The SMILES string of the molecule is NC(O)(CC(=O)c1ccccc1)C(=O)O. The van der Waals surface area contributed by atoms with E-state index in [0.29, 0.717) is 5.56 Å². The monoisotopic (exact) mass is 209 g/mol. The Morgan fingerprint density at radius 1 is 1.27 bits per heavy atom. The zero-order valence-corrected chi connectivity index (χ0v) is 7.88. The smallest absolute Gasteiger partial charge is 0.351 e. The molecule has 4 N–H and O–H groups in total. The van der Waals surface area contributed by atoms with Gasteiger partial charge in [0.15, 0.2) is 5.78 Å². The molecule has 0 bridgehead atoms. The number of aliphatic hydroxyl groups is 1. The lowest BCUT2D eigenvalue weighted by Crippen LogP contribution is -2.49. The summed E-state index contributed by atoms with van der Waals surface area (Å²) < 4.78 is 0. The summed E-state index contributed by atoms with van der Waals surface area (Å²) in [6.45, 7) is 0. The van der Waals surface area contributed by atoms with Crippen LogP contribution in [-0.2, 0) is 4.79 Å². The minimum absolute atomic E-state index is 0.322. The topological polar surface area (TPSA) is 101 Å². The van der Waals surface area contributed by atoms with Crippen LogP contribution in [0.25, 0.3) is 0 Å². The van der Waals surface area contributed by atoms with Gasteiger partial charge in [0.1, 0.15) is 0 Å². The first-order valence-electron chi connectivity index (χ1n) is 4.26. The number of carboxylic acids is 1. The molecule has 1 atom stereocenters. The van der Waals surface area contributed by atoms with E-state index in [1.54, 1.807) is 18.2 Å². The molecule has 1 aromatic carbocycles. The molecule has 0 heterocycles. The Bertz CT molecular complexity index is 372. The summed E-state index contributed by atoms with van der Waals surface area (Å²) >= 11 is 0. The van der Waals surface area contributed by atoms with Crippen molar-refractivity contribution in [2.45, 2.75) is 12.1 Å². The molecule has 5 heteroatoms. The van der Waals surface area contributed by atoms with E-state index in [4.69, 9.17) is 10.8 Å². The van der Waals surface area contributed by atoms with E-state index in [0.717, 1.165) is 0 Å². The maximum Gasteiger partial charge on any atom is 0.351 e. The minimum atomic E-state index is -2.51. The van der Waals surface area contributed by atoms with Crippen LogP contribution >= 0.6 is 0 Å². The highest BCUT2D eigenvalue weighted by molar-refractivity contribution is 5.99. The Morgan fingerprint density at radius 2 is 1.80 bits per heavy atom. The molecule has 15 heavy (non-hydrogen) atoms. The molecule has 0 fully saturated rings. The van der Waals surface area contributed by atoms with Crippen molar-refractivity contribution in [2.24, 2.45) is 5.73 Å². The normalized spacial score (nSPS) is 14.3. The first-order valence-corrected chi connectivity index (χ1v) is 4.26. The first kappa shape index (κ1) is 11.4. The number of rotatable bonds is 4. The average Bonchev–Trinajstić information content (AvgIpc) is 2.18. The molecular formula is C10H11NO4. The van der Waals surface area contributed by atoms with Crippen LogP contribution in [0.5, 0.6) is 0 Å². The van der Waals surface area contributed by atoms with Crippen molar-refractivity contribution in [1.82, 2.24) is 0 Å². The molecule has 5 nitrogen and oxygen atoms in total. The predicted octanol–water partition coefficient (Wildman–Crippen LogP) is -0.00870. The second kappa shape index (κ2) is 4.20. The molecular weight excluding hydrogens is 198 g/mol. The Balaban J connectivity index is 2.77. The van der Waals surface area contributed by atoms with Crippen molar-refractivity contribution >= 4 is 11.8 Å². The zero-order valence-electron chi connectivity index (χ0n) is 7.88. The average molecular weight is 209 g/mol. The van der Waals surface area contributed by atoms with Crippen LogP contribution < -0.4 is 5.73 Å². The van der Waals surface area contributed by atoms with Gasteiger partial charge in [-0.05, 0) is 0 Å². The van der Waals surface area contributed by atoms with Gasteiger partial charge >= 0.3 is 5.97 Å². The molecule has 0 aromatic heterocycles. The Labute approximate surface area is 86.1 Å². The molecule has 0 aliphatic rings. The van der Waals surface area contributed by atoms with E-state index < -0.39 is 23.9 Å². The minimum Gasteiger partial charge on any atom is -0.478 e. The van der Waals surface area contributed by atoms with E-state index in [9.17, 15) is 14.7 Å². The lowest BCUT2D eigenvalue weighted by atomic mass is 10.0. The van der Waals surface area contributed by atoms with Gasteiger partial charge in [0.05, 0.1) is 6.42 Å². The fourth-order valence-electron chi connectivity index (χ4n) is 1.05. The van der Waals surface area contributed by atoms with Gasteiger partial charge in [0, 0.05) is 5.56 Å². The number of carbonyl (C=O) groups is 2. The third-order valence-electron chi connectivity index (χ3n) is 1.90. The number of hydrogen-bond donors (Lipinski definition) is 3. The summed E-state index contributed by atoms with van der Waals surface area (Å²) in [4.78, 5) is 21.9. The van der Waals surface area contributed by atoms with Gasteiger partial charge in [-0.2, -0.15) is 0 Å². The van der Waals surface area contributed by atoms with E-state index in [1.165, 1.54) is 12.1 Å². The predicted molar refractivity (Wildman–Crippen MR) is 52.2 cm³/mol. The molecule has 0 saturated heterocycles. The summed E-state index contributed by atoms with van der Waals surface area (Å²) in [6, 6.07) is 8.07. The van der Waals surface area contributed by atoms with Crippen molar-refractivity contribution in [3.05, 3.63) is 35.9 Å². The molecule has 1 rings (SSSR count). The third kappa shape index (κ3) is 2.87. The van der Waals surface area contributed by atoms with Gasteiger partial charge in [0.25, 0.3) is 0 Å². The van der Waals surface area contributed by atoms with Crippen molar-refractivity contribution in [3.63, 3.8) is 0 Å². The number of Topliss-reactive ketones (excluding diaryl/α,β-unsaturated/α-hetero) is 1. The maximum atomic E-state index is 11.5. The number of aliphatic carboxylic acids is 1. The van der Waals surface area contributed by atoms with Crippen LogP contribution in [0, 0.1) is 0 Å². The highest BCUT2D eigenvalue weighted by Crippen LogP contribution is 2.09. The van der Waals surface area contributed by atoms with Crippen molar-refractivity contribution < 1.29 is 19.8 Å². The third-order valence-corrected chi connectivity index (χ3v) is 1.90. The second-order valence-electron chi connectivity index (χ2n) is 3.20. The fraction of sp³-hybridized carbons (Fsp3) is 0.200. The lowest BCUT2D eigenvalue weighted by Gasteiger charge is -2.16. The highest BCUT2D eigenvalue weighted by Gasteiger charge is 2.33. The number of carboxylic acid groups (broad SMARTS) is 1. The Morgan fingerprint density at radius 3 is 2.27 bits per heavy atom. The molecule has 0 spiro atoms. The molecule has 0 amide bonds. The zero-order chi connectivity index (χ0) is 11.5. The van der Waals surface area contributed by atoms with Crippen LogP contribution in [0.15, 0.2) is 30.3 Å². The molecule has 0 radical (unpaired) electrons. The molecule has 0 saturated carbocycles. The molecule has 0 aliphatic carbocycles. The summed E-state index contributed by atoms with van der Waals surface area (Å²) in [5, 5.41) is 17.7. The lowest BCUT2D eigenvalue weighted by molar-refractivity contribution is -0.157. The van der Waals surface area contributed by atoms with Crippen molar-refractivity contribution in [3.8, 4) is 0 Å². The van der Waals surface area contributed by atoms with Gasteiger partial charge in [-0.15, -0.1) is 0 Å². The number of hydrogen-bond acceptors (Lipinski definition) is 4. The highest BCUT2D eigenvalue weighted by atomic mass is 16.4. The summed E-state index contributed by atoms with van der Waals surface area (Å²) in [5.74, 6) is -2.13. The molecule has 1 unspecified atom stereocenters. The van der Waals surface area contributed by atoms with Gasteiger partial charge in [-0.3, -0.25) is 10.5 Å². The van der Waals surface area contributed by atoms with Crippen LogP contribution in [0.4, 0.5) is 0 Å². The van der Waals surface area contributed by atoms with Crippen molar-refractivity contribution in [2.75, 3.05) is 0 Å². The number of ketones is 1. The van der Waals surface area contributed by atoms with Crippen LogP contribution in [0.1, 0.15) is 16.8 Å². The number of nitrogens with two attached hydrogens (primary N) is 1. The fourth-order valence-corrected chi connectivity index (χ4v) is 1.05. The molecule has 1 aromatic rings.